The van der Waals surface area contributed by atoms with Crippen molar-refractivity contribution in [2.45, 2.75) is 81.1 Å². The molecular formula is C30H38ClN3O. The van der Waals surface area contributed by atoms with Gasteiger partial charge in [0.05, 0.1) is 5.54 Å². The van der Waals surface area contributed by atoms with Gasteiger partial charge in [0.25, 0.3) is 0 Å². The lowest BCUT2D eigenvalue weighted by atomic mass is 9.52. The van der Waals surface area contributed by atoms with Gasteiger partial charge in [0.2, 0.25) is 6.41 Å². The van der Waals surface area contributed by atoms with Crippen LogP contribution in [0.2, 0.25) is 5.15 Å². The van der Waals surface area contributed by atoms with Crippen molar-refractivity contribution < 1.29 is 4.79 Å². The average molecular weight is 492 g/mol. The molecule has 0 radical (unpaired) electrons. The summed E-state index contributed by atoms with van der Waals surface area (Å²) < 4.78 is 0. The highest BCUT2D eigenvalue weighted by atomic mass is 35.5. The number of halogens is 1. The fourth-order valence-corrected chi connectivity index (χ4v) is 8.86. The lowest BCUT2D eigenvalue weighted by Crippen LogP contribution is -2.66. The second kappa shape index (κ2) is 9.52. The van der Waals surface area contributed by atoms with Gasteiger partial charge in [0, 0.05) is 36.7 Å². The average Bonchev–Trinajstić information content (AvgIpc) is 3.33. The number of amides is 1. The van der Waals surface area contributed by atoms with E-state index >= 15 is 0 Å². The number of hydrogen-bond acceptors (Lipinski definition) is 3. The molecule has 1 aromatic carbocycles. The molecule has 1 N–H and O–H groups in total. The molecule has 1 aromatic heterocycles. The predicted octanol–water partition coefficient (Wildman–Crippen LogP) is 5.88. The molecule has 3 heterocycles. The van der Waals surface area contributed by atoms with Crippen LogP contribution in [0.4, 0.5) is 0 Å². The molecule has 35 heavy (non-hydrogen) atoms. The Morgan fingerprint density at radius 2 is 1.86 bits per heavy atom. The van der Waals surface area contributed by atoms with E-state index in [-0.39, 0.29) is 11.0 Å². The Hall–Kier alpha value is -1.91. The van der Waals surface area contributed by atoms with Crippen LogP contribution in [0.3, 0.4) is 0 Å². The third kappa shape index (κ3) is 3.83. The number of rotatable bonds is 4. The highest BCUT2D eigenvalue weighted by Crippen LogP contribution is 2.58. The first-order chi connectivity index (χ1) is 17.2. The van der Waals surface area contributed by atoms with Crippen molar-refractivity contribution in [1.82, 2.24) is 15.2 Å². The minimum atomic E-state index is -0.126. The summed E-state index contributed by atoms with van der Waals surface area (Å²) in [6.07, 6.45) is 13.0. The van der Waals surface area contributed by atoms with Gasteiger partial charge in [-0.2, -0.15) is 0 Å². The van der Waals surface area contributed by atoms with E-state index in [9.17, 15) is 4.79 Å². The summed E-state index contributed by atoms with van der Waals surface area (Å²) in [7, 11) is 0. The van der Waals surface area contributed by atoms with Gasteiger partial charge in [0.1, 0.15) is 5.15 Å². The Morgan fingerprint density at radius 1 is 1.03 bits per heavy atom. The van der Waals surface area contributed by atoms with E-state index in [2.05, 4.69) is 46.6 Å². The number of aromatic nitrogens is 1. The maximum Gasteiger partial charge on any atom is 0.210 e. The monoisotopic (exact) mass is 491 g/mol. The van der Waals surface area contributed by atoms with Crippen molar-refractivity contribution in [2.75, 3.05) is 19.6 Å². The van der Waals surface area contributed by atoms with Crippen LogP contribution in [0.25, 0.3) is 0 Å². The van der Waals surface area contributed by atoms with Crippen molar-refractivity contribution in [1.29, 1.82) is 0 Å². The summed E-state index contributed by atoms with van der Waals surface area (Å²) in [6, 6.07) is 15.3. The van der Waals surface area contributed by atoms with E-state index in [0.29, 0.717) is 22.9 Å². The number of likely N-dealkylation sites (tertiary alicyclic amines) is 1. The number of aryl methyl sites for hydroxylation is 1. The van der Waals surface area contributed by atoms with Gasteiger partial charge in [-0.3, -0.25) is 4.79 Å². The number of pyridine rings is 1. The van der Waals surface area contributed by atoms with Crippen molar-refractivity contribution in [3.8, 4) is 0 Å². The zero-order valence-electron chi connectivity index (χ0n) is 20.7. The lowest BCUT2D eigenvalue weighted by molar-refractivity contribution is -0.139. The van der Waals surface area contributed by atoms with Gasteiger partial charge in [-0.25, -0.2) is 4.98 Å². The van der Waals surface area contributed by atoms with Crippen LogP contribution in [0.15, 0.2) is 42.5 Å². The van der Waals surface area contributed by atoms with E-state index in [1.165, 1.54) is 55.3 Å². The largest absolute Gasteiger partial charge is 0.339 e. The first kappa shape index (κ1) is 23.5. The topological polar surface area (TPSA) is 45.2 Å². The van der Waals surface area contributed by atoms with Gasteiger partial charge in [0.15, 0.2) is 0 Å². The van der Waals surface area contributed by atoms with Crippen molar-refractivity contribution in [2.24, 2.45) is 11.8 Å². The number of carbonyl (C=O) groups is 1. The number of nitrogens with one attached hydrogen (secondary N) is 1. The normalized spacial score (nSPS) is 33.6. The summed E-state index contributed by atoms with van der Waals surface area (Å²) in [5, 5.41) is 4.44. The van der Waals surface area contributed by atoms with Crippen LogP contribution in [0.1, 0.15) is 80.5 Å². The molecule has 3 fully saturated rings. The molecule has 4 aliphatic rings. The molecule has 2 aliphatic heterocycles. The first-order valence-electron chi connectivity index (χ1n) is 13.8. The number of benzene rings is 1. The van der Waals surface area contributed by atoms with Crippen molar-refractivity contribution in [3.05, 3.63) is 64.4 Å². The Kier molecular flexibility index (Phi) is 6.39. The second-order valence-corrected chi connectivity index (χ2v) is 11.9. The maximum absolute atomic E-state index is 12.9. The van der Waals surface area contributed by atoms with Gasteiger partial charge >= 0.3 is 0 Å². The molecule has 4 atom stereocenters. The molecule has 1 amide bonds. The molecular weight excluding hydrogens is 454 g/mol. The van der Waals surface area contributed by atoms with Crippen LogP contribution in [-0.2, 0) is 16.6 Å². The van der Waals surface area contributed by atoms with Crippen LogP contribution in [0.5, 0.6) is 0 Å². The molecule has 6 rings (SSSR count). The minimum Gasteiger partial charge on any atom is -0.339 e. The second-order valence-electron chi connectivity index (χ2n) is 11.5. The Morgan fingerprint density at radius 3 is 2.66 bits per heavy atom. The number of carbonyl (C=O) groups excluding carboxylic acids is 1. The Bertz CT molecular complexity index is 1050. The Balaban J connectivity index is 1.50. The Labute approximate surface area is 214 Å². The van der Waals surface area contributed by atoms with Crippen LogP contribution in [0, 0.1) is 11.8 Å². The summed E-state index contributed by atoms with van der Waals surface area (Å²) in [5.74, 6) is 1.44. The van der Waals surface area contributed by atoms with Crippen LogP contribution in [-0.4, -0.2) is 41.5 Å². The van der Waals surface area contributed by atoms with Gasteiger partial charge < -0.3 is 10.2 Å². The fourth-order valence-electron chi connectivity index (χ4n) is 8.69. The zero-order valence-corrected chi connectivity index (χ0v) is 21.5. The number of fused-ring (bicyclic) bond motifs is 2. The summed E-state index contributed by atoms with van der Waals surface area (Å²) in [6.45, 7) is 2.81. The highest BCUT2D eigenvalue weighted by Gasteiger charge is 2.61. The number of nitrogens with zero attached hydrogens (tertiary/aromatic N) is 2. The highest BCUT2D eigenvalue weighted by molar-refractivity contribution is 6.29. The zero-order chi connectivity index (χ0) is 23.9. The van der Waals surface area contributed by atoms with Crippen molar-refractivity contribution >= 4 is 18.0 Å². The molecule has 2 aliphatic carbocycles. The summed E-state index contributed by atoms with van der Waals surface area (Å²) >= 11 is 6.36. The summed E-state index contributed by atoms with van der Waals surface area (Å²) in [4.78, 5) is 20.0. The molecule has 1 spiro atoms. The maximum atomic E-state index is 12.9. The molecule has 5 heteroatoms. The van der Waals surface area contributed by atoms with E-state index in [4.69, 9.17) is 16.6 Å². The lowest BCUT2D eigenvalue weighted by Gasteiger charge is -2.60. The predicted molar refractivity (Wildman–Crippen MR) is 141 cm³/mol. The van der Waals surface area contributed by atoms with Crippen LogP contribution >= 0.6 is 11.6 Å². The molecule has 186 valence electrons. The van der Waals surface area contributed by atoms with E-state index in [1.807, 2.05) is 6.07 Å². The molecule has 0 bridgehead atoms. The van der Waals surface area contributed by atoms with E-state index in [1.54, 1.807) is 0 Å². The third-order valence-corrected chi connectivity index (χ3v) is 10.3. The molecule has 0 unspecified atom stereocenters. The number of hydrogen-bond donors (Lipinski definition) is 1. The minimum absolute atomic E-state index is 0.0163. The quantitative estimate of drug-likeness (QED) is 0.429. The summed E-state index contributed by atoms with van der Waals surface area (Å²) in [5.41, 5.74) is 3.91. The SMILES string of the molecule is O=CN1CC[C@H](c2ccccc2)C[C@]1(C1CCCCC1)[C@@H]1CNC[C@]12CCCc1nc(Cl)ccc12. The van der Waals surface area contributed by atoms with E-state index < -0.39 is 0 Å². The van der Waals surface area contributed by atoms with Crippen LogP contribution < -0.4 is 5.32 Å². The smallest absolute Gasteiger partial charge is 0.210 e. The molecule has 1 saturated carbocycles. The fraction of sp³-hybridized carbons (Fsp3) is 0.600. The molecule has 4 nitrogen and oxygen atoms in total. The molecule has 2 saturated heterocycles. The third-order valence-electron chi connectivity index (χ3n) is 10.1. The van der Waals surface area contributed by atoms with Gasteiger partial charge in [-0.15, -0.1) is 0 Å². The number of piperidine rings is 1. The van der Waals surface area contributed by atoms with E-state index in [0.717, 1.165) is 51.7 Å². The first-order valence-corrected chi connectivity index (χ1v) is 14.2. The van der Waals surface area contributed by atoms with Crippen molar-refractivity contribution in [3.63, 3.8) is 0 Å². The van der Waals surface area contributed by atoms with Gasteiger partial charge in [-0.1, -0.05) is 67.3 Å². The van der Waals surface area contributed by atoms with Gasteiger partial charge in [-0.05, 0) is 74.0 Å². The standard InChI is InChI=1S/C30H38ClN3O/c31-28-14-13-25-26(33-28)12-7-16-29(25)20-32-19-27(29)30(24-10-5-2-6-11-24)18-23(15-17-34(30)21-35)22-8-3-1-4-9-22/h1,3-4,8-9,13-14,21,23-24,27,32H,2,5-7,10-12,15-20H2/t23-,27+,29-,30-/m0/s1. The molecule has 2 aromatic rings.